The second-order valence-electron chi connectivity index (χ2n) is 5.57. The van der Waals surface area contributed by atoms with Crippen LogP contribution in [-0.2, 0) is 14.8 Å². The molecule has 3 aromatic rings. The molecule has 7 nitrogen and oxygen atoms in total. The molecule has 1 N–H and O–H groups in total. The molecule has 0 aliphatic carbocycles. The van der Waals surface area contributed by atoms with Gasteiger partial charge in [0, 0.05) is 10.6 Å². The lowest BCUT2D eigenvalue weighted by atomic mass is 10.2. The lowest BCUT2D eigenvalue weighted by Crippen LogP contribution is -2.37. The molecular formula is C17H15ClN4O3S2. The van der Waals surface area contributed by atoms with Crippen molar-refractivity contribution in [3.63, 3.8) is 0 Å². The Balaban J connectivity index is 1.72. The zero-order valence-electron chi connectivity index (χ0n) is 14.2. The van der Waals surface area contributed by atoms with Crippen LogP contribution in [0.5, 0.6) is 0 Å². The number of carbonyl (C=O) groups excluding carboxylic acids is 1. The Morgan fingerprint density at radius 3 is 2.41 bits per heavy atom. The number of para-hydroxylation sites is 1. The fraction of sp³-hybridized carbons (Fsp3) is 0.118. The molecule has 1 amide bonds. The quantitative estimate of drug-likeness (QED) is 0.658. The number of amides is 1. The van der Waals surface area contributed by atoms with Crippen LogP contribution in [0.4, 0.5) is 10.8 Å². The molecule has 0 radical (unpaired) electrons. The second-order valence-corrected chi connectivity index (χ2v) is 8.89. The second kappa shape index (κ2) is 8.03. The highest BCUT2D eigenvalue weighted by atomic mass is 35.5. The molecule has 0 spiro atoms. The minimum Gasteiger partial charge on any atom is -0.299 e. The molecule has 0 bridgehead atoms. The number of anilines is 2. The number of nitrogens with zero attached hydrogens (tertiary/aromatic N) is 3. The van der Waals surface area contributed by atoms with Crippen LogP contribution >= 0.6 is 22.9 Å². The molecule has 0 saturated heterocycles. The monoisotopic (exact) mass is 422 g/mol. The number of halogens is 1. The van der Waals surface area contributed by atoms with Crippen LogP contribution in [0.3, 0.4) is 0 Å². The van der Waals surface area contributed by atoms with E-state index in [1.54, 1.807) is 54.6 Å². The van der Waals surface area contributed by atoms with E-state index >= 15 is 0 Å². The van der Waals surface area contributed by atoms with Crippen LogP contribution in [0.15, 0.2) is 54.6 Å². The number of carbonyl (C=O) groups is 1. The van der Waals surface area contributed by atoms with Crippen LogP contribution in [-0.4, -0.2) is 37.3 Å². The van der Waals surface area contributed by atoms with Crippen molar-refractivity contribution >= 4 is 49.7 Å². The van der Waals surface area contributed by atoms with Gasteiger partial charge in [-0.3, -0.25) is 14.4 Å². The Bertz CT molecular complexity index is 1040. The van der Waals surface area contributed by atoms with Crippen molar-refractivity contribution in [2.45, 2.75) is 0 Å². The predicted octanol–water partition coefficient (Wildman–Crippen LogP) is 3.26. The maximum Gasteiger partial charge on any atom is 0.246 e. The highest BCUT2D eigenvalue weighted by Crippen LogP contribution is 2.27. The third-order valence-electron chi connectivity index (χ3n) is 3.49. The van der Waals surface area contributed by atoms with Gasteiger partial charge < -0.3 is 0 Å². The number of nitrogens with one attached hydrogen (secondary N) is 1. The van der Waals surface area contributed by atoms with Crippen molar-refractivity contribution < 1.29 is 13.2 Å². The van der Waals surface area contributed by atoms with E-state index in [4.69, 9.17) is 11.6 Å². The molecule has 0 aliphatic heterocycles. The van der Waals surface area contributed by atoms with E-state index in [1.165, 1.54) is 11.3 Å². The van der Waals surface area contributed by atoms with Gasteiger partial charge in [0.25, 0.3) is 0 Å². The number of aromatic nitrogens is 2. The van der Waals surface area contributed by atoms with E-state index < -0.39 is 15.9 Å². The normalized spacial score (nSPS) is 11.2. The van der Waals surface area contributed by atoms with Gasteiger partial charge in [-0.15, -0.1) is 10.2 Å². The van der Waals surface area contributed by atoms with E-state index in [0.717, 1.165) is 16.1 Å². The summed E-state index contributed by atoms with van der Waals surface area (Å²) in [6.45, 7) is -0.362. The molecule has 1 aromatic heterocycles. The standard InChI is InChI=1S/C17H15ClN4O3S2/c1-27(24,25)22(14-5-3-2-4-6-14)11-15(23)19-17-21-20-16(26-17)12-7-9-13(18)10-8-12/h2-10H,11H2,1H3,(H,19,21,23). The topological polar surface area (TPSA) is 92.3 Å². The van der Waals surface area contributed by atoms with Crippen molar-refractivity contribution in [3.8, 4) is 10.6 Å². The third-order valence-corrected chi connectivity index (χ3v) is 5.77. The Hall–Kier alpha value is -2.49. The first-order valence-corrected chi connectivity index (χ1v) is 10.8. The van der Waals surface area contributed by atoms with Gasteiger partial charge in [-0.25, -0.2) is 8.42 Å². The minimum absolute atomic E-state index is 0.284. The van der Waals surface area contributed by atoms with Crippen molar-refractivity contribution in [2.75, 3.05) is 22.4 Å². The number of hydrogen-bond acceptors (Lipinski definition) is 6. The first-order chi connectivity index (χ1) is 12.8. The van der Waals surface area contributed by atoms with Crippen molar-refractivity contribution in [3.05, 3.63) is 59.6 Å². The average Bonchev–Trinajstić information content (AvgIpc) is 3.08. The van der Waals surface area contributed by atoms with Gasteiger partial charge in [0.1, 0.15) is 11.6 Å². The number of rotatable bonds is 6. The maximum atomic E-state index is 12.3. The zero-order valence-corrected chi connectivity index (χ0v) is 16.6. The summed E-state index contributed by atoms with van der Waals surface area (Å²) in [5.41, 5.74) is 1.23. The average molecular weight is 423 g/mol. The van der Waals surface area contributed by atoms with E-state index in [-0.39, 0.29) is 11.7 Å². The molecule has 2 aromatic carbocycles. The smallest absolute Gasteiger partial charge is 0.246 e. The van der Waals surface area contributed by atoms with Crippen molar-refractivity contribution in [1.29, 1.82) is 0 Å². The van der Waals surface area contributed by atoms with Crippen molar-refractivity contribution in [2.24, 2.45) is 0 Å². The van der Waals surface area contributed by atoms with Gasteiger partial charge in [0.05, 0.1) is 11.9 Å². The van der Waals surface area contributed by atoms with Crippen LogP contribution in [0.25, 0.3) is 10.6 Å². The molecular weight excluding hydrogens is 408 g/mol. The zero-order chi connectivity index (χ0) is 19.4. The fourth-order valence-corrected chi connectivity index (χ4v) is 4.01. The first kappa shape index (κ1) is 19.3. The SMILES string of the molecule is CS(=O)(=O)N(CC(=O)Nc1nnc(-c2ccc(Cl)cc2)s1)c1ccccc1. The Labute approximate surface area is 165 Å². The number of hydrogen-bond donors (Lipinski definition) is 1. The molecule has 0 atom stereocenters. The van der Waals surface area contributed by atoms with Crippen LogP contribution in [0, 0.1) is 0 Å². The molecule has 1 heterocycles. The number of benzene rings is 2. The molecule has 3 rings (SSSR count). The van der Waals surface area contributed by atoms with Gasteiger partial charge in [-0.1, -0.05) is 53.3 Å². The van der Waals surface area contributed by atoms with E-state index in [2.05, 4.69) is 15.5 Å². The highest BCUT2D eigenvalue weighted by molar-refractivity contribution is 7.92. The Morgan fingerprint density at radius 1 is 1.11 bits per heavy atom. The lowest BCUT2D eigenvalue weighted by molar-refractivity contribution is -0.114. The van der Waals surface area contributed by atoms with E-state index in [1.807, 2.05) is 0 Å². The van der Waals surface area contributed by atoms with Crippen LogP contribution in [0.2, 0.25) is 5.02 Å². The van der Waals surface area contributed by atoms with Gasteiger partial charge in [0.15, 0.2) is 0 Å². The summed E-state index contributed by atoms with van der Waals surface area (Å²) in [5.74, 6) is -0.511. The third kappa shape index (κ3) is 5.03. The number of sulfonamides is 1. The van der Waals surface area contributed by atoms with Crippen LogP contribution < -0.4 is 9.62 Å². The molecule has 0 saturated carbocycles. The Kier molecular flexibility index (Phi) is 5.73. The summed E-state index contributed by atoms with van der Waals surface area (Å²) in [4.78, 5) is 12.3. The molecule has 0 fully saturated rings. The Morgan fingerprint density at radius 2 is 1.78 bits per heavy atom. The van der Waals surface area contributed by atoms with Crippen molar-refractivity contribution in [1.82, 2.24) is 10.2 Å². The highest BCUT2D eigenvalue weighted by Gasteiger charge is 2.21. The van der Waals surface area contributed by atoms with E-state index in [9.17, 15) is 13.2 Å². The van der Waals surface area contributed by atoms with Crippen LogP contribution in [0.1, 0.15) is 0 Å². The fourth-order valence-electron chi connectivity index (χ4n) is 2.27. The molecule has 27 heavy (non-hydrogen) atoms. The van der Waals surface area contributed by atoms with Gasteiger partial charge in [-0.2, -0.15) is 0 Å². The summed E-state index contributed by atoms with van der Waals surface area (Å²) in [6.07, 6.45) is 1.05. The molecule has 140 valence electrons. The summed E-state index contributed by atoms with van der Waals surface area (Å²) in [7, 11) is -3.62. The summed E-state index contributed by atoms with van der Waals surface area (Å²) < 4.78 is 25.1. The molecule has 10 heteroatoms. The van der Waals surface area contributed by atoms with Gasteiger partial charge in [-0.05, 0) is 24.3 Å². The van der Waals surface area contributed by atoms with Gasteiger partial charge >= 0.3 is 0 Å². The molecule has 0 aliphatic rings. The molecule has 0 unspecified atom stereocenters. The minimum atomic E-state index is -3.62. The summed E-state index contributed by atoms with van der Waals surface area (Å²) in [6, 6.07) is 15.5. The summed E-state index contributed by atoms with van der Waals surface area (Å²) in [5, 5.41) is 12.1. The summed E-state index contributed by atoms with van der Waals surface area (Å²) >= 11 is 7.05. The first-order valence-electron chi connectivity index (χ1n) is 7.75. The maximum absolute atomic E-state index is 12.3. The van der Waals surface area contributed by atoms with Gasteiger partial charge in [0.2, 0.25) is 21.1 Å². The van der Waals surface area contributed by atoms with E-state index in [0.29, 0.717) is 15.7 Å². The lowest BCUT2D eigenvalue weighted by Gasteiger charge is -2.21. The largest absolute Gasteiger partial charge is 0.299 e. The predicted molar refractivity (Wildman–Crippen MR) is 108 cm³/mol.